The van der Waals surface area contributed by atoms with Crippen molar-refractivity contribution >= 4 is 45.5 Å². The van der Waals surface area contributed by atoms with E-state index in [2.05, 4.69) is 28.2 Å². The van der Waals surface area contributed by atoms with Gasteiger partial charge in [0.05, 0.1) is 4.91 Å². The number of pyridine rings is 1. The van der Waals surface area contributed by atoms with E-state index in [1.54, 1.807) is 4.90 Å². The highest BCUT2D eigenvalue weighted by atomic mass is 32.2. The molecule has 0 unspecified atom stereocenters. The Morgan fingerprint density at radius 2 is 1.85 bits per heavy atom. The smallest absolute Gasteiger partial charge is 0.266 e. The van der Waals surface area contributed by atoms with E-state index in [1.165, 1.54) is 11.8 Å². The number of carbonyl (C=O) groups excluding carboxylic acids is 1. The van der Waals surface area contributed by atoms with Gasteiger partial charge >= 0.3 is 0 Å². The Morgan fingerprint density at radius 1 is 1.07 bits per heavy atom. The SMILES string of the molecule is CCN1C(=O)/C(=C/c2cccc3ccccc23)S/C1=N/c1cccc(C)n1. The quantitative estimate of drug-likeness (QED) is 0.595. The van der Waals surface area contributed by atoms with Crippen LogP contribution in [0.2, 0.25) is 0 Å². The van der Waals surface area contributed by atoms with Gasteiger partial charge in [-0.2, -0.15) is 0 Å². The molecule has 1 aromatic heterocycles. The highest BCUT2D eigenvalue weighted by Gasteiger charge is 2.32. The van der Waals surface area contributed by atoms with Crippen molar-refractivity contribution in [2.45, 2.75) is 13.8 Å². The lowest BCUT2D eigenvalue weighted by molar-refractivity contribution is -0.122. The highest BCUT2D eigenvalue weighted by Crippen LogP contribution is 2.34. The second kappa shape index (κ2) is 7.37. The van der Waals surface area contributed by atoms with E-state index in [0.29, 0.717) is 22.4 Å². The van der Waals surface area contributed by atoms with Gasteiger partial charge in [-0.3, -0.25) is 9.69 Å². The van der Waals surface area contributed by atoms with E-state index < -0.39 is 0 Å². The summed E-state index contributed by atoms with van der Waals surface area (Å²) in [6.07, 6.45) is 1.96. The van der Waals surface area contributed by atoms with Crippen LogP contribution in [-0.4, -0.2) is 27.5 Å². The average molecular weight is 373 g/mol. The lowest BCUT2D eigenvalue weighted by Crippen LogP contribution is -2.28. The minimum Gasteiger partial charge on any atom is -0.287 e. The Hall–Kier alpha value is -2.92. The van der Waals surface area contributed by atoms with Crippen molar-refractivity contribution in [2.75, 3.05) is 6.54 Å². The van der Waals surface area contributed by atoms with Crippen molar-refractivity contribution in [1.82, 2.24) is 9.88 Å². The van der Waals surface area contributed by atoms with Crippen LogP contribution in [0.5, 0.6) is 0 Å². The molecule has 3 aromatic rings. The van der Waals surface area contributed by atoms with Crippen LogP contribution in [0.3, 0.4) is 0 Å². The van der Waals surface area contributed by atoms with Crippen LogP contribution in [0.15, 0.2) is 70.6 Å². The maximum atomic E-state index is 12.9. The second-order valence-corrected chi connectivity index (χ2v) is 7.27. The van der Waals surface area contributed by atoms with Gasteiger partial charge in [0.2, 0.25) is 0 Å². The molecule has 0 N–H and O–H groups in total. The van der Waals surface area contributed by atoms with Crippen molar-refractivity contribution < 1.29 is 4.79 Å². The Labute approximate surface area is 162 Å². The number of hydrogen-bond donors (Lipinski definition) is 0. The molecule has 0 atom stereocenters. The number of fused-ring (bicyclic) bond motifs is 1. The number of hydrogen-bond acceptors (Lipinski definition) is 4. The average Bonchev–Trinajstić information content (AvgIpc) is 2.96. The molecule has 0 radical (unpaired) electrons. The third kappa shape index (κ3) is 3.51. The van der Waals surface area contributed by atoms with Crippen LogP contribution in [-0.2, 0) is 4.79 Å². The molecule has 0 saturated carbocycles. The first-order valence-electron chi connectivity index (χ1n) is 8.87. The molecule has 0 aliphatic carbocycles. The molecule has 1 aliphatic heterocycles. The van der Waals surface area contributed by atoms with Crippen molar-refractivity contribution in [3.63, 3.8) is 0 Å². The number of amides is 1. The summed E-state index contributed by atoms with van der Waals surface area (Å²) in [5, 5.41) is 2.97. The van der Waals surface area contributed by atoms with Crippen molar-refractivity contribution in [3.8, 4) is 0 Å². The molecular weight excluding hydrogens is 354 g/mol. The van der Waals surface area contributed by atoms with Gasteiger partial charge < -0.3 is 0 Å². The molecule has 0 bridgehead atoms. The Morgan fingerprint density at radius 3 is 2.67 bits per heavy atom. The zero-order valence-corrected chi connectivity index (χ0v) is 16.0. The molecular formula is C22H19N3OS. The summed E-state index contributed by atoms with van der Waals surface area (Å²) in [5.41, 5.74) is 1.94. The fourth-order valence-electron chi connectivity index (χ4n) is 3.08. The van der Waals surface area contributed by atoms with E-state index in [9.17, 15) is 4.79 Å². The zero-order valence-electron chi connectivity index (χ0n) is 15.2. The number of thioether (sulfide) groups is 1. The van der Waals surface area contributed by atoms with Gasteiger partial charge in [0.15, 0.2) is 11.0 Å². The number of carbonyl (C=O) groups is 1. The van der Waals surface area contributed by atoms with Crippen molar-refractivity contribution in [2.24, 2.45) is 4.99 Å². The number of nitrogens with zero attached hydrogens (tertiary/aromatic N) is 3. The van der Waals surface area contributed by atoms with Gasteiger partial charge in [-0.05, 0) is 60.2 Å². The summed E-state index contributed by atoms with van der Waals surface area (Å²) in [5.74, 6) is 0.608. The molecule has 1 fully saturated rings. The number of aliphatic imine (C=N–C) groups is 1. The predicted octanol–water partition coefficient (Wildman–Crippen LogP) is 5.17. The second-order valence-electron chi connectivity index (χ2n) is 6.26. The lowest BCUT2D eigenvalue weighted by atomic mass is 10.0. The van der Waals surface area contributed by atoms with E-state index in [0.717, 1.165) is 22.0 Å². The number of rotatable bonds is 3. The van der Waals surface area contributed by atoms with E-state index in [-0.39, 0.29) is 5.91 Å². The van der Waals surface area contributed by atoms with E-state index in [1.807, 2.05) is 62.4 Å². The van der Waals surface area contributed by atoms with Crippen LogP contribution in [0.4, 0.5) is 5.82 Å². The normalized spacial score (nSPS) is 17.4. The van der Waals surface area contributed by atoms with E-state index in [4.69, 9.17) is 0 Å². The summed E-state index contributed by atoms with van der Waals surface area (Å²) in [4.78, 5) is 24.3. The molecule has 1 saturated heterocycles. The molecule has 2 heterocycles. The number of aromatic nitrogens is 1. The summed E-state index contributed by atoms with van der Waals surface area (Å²) in [7, 11) is 0. The Balaban J connectivity index is 1.74. The van der Waals surface area contributed by atoms with Crippen LogP contribution in [0.25, 0.3) is 16.8 Å². The van der Waals surface area contributed by atoms with Crippen molar-refractivity contribution in [1.29, 1.82) is 0 Å². The topological polar surface area (TPSA) is 45.6 Å². The van der Waals surface area contributed by atoms with Gasteiger partial charge in [-0.25, -0.2) is 9.98 Å². The third-order valence-electron chi connectivity index (χ3n) is 4.40. The fourth-order valence-corrected chi connectivity index (χ4v) is 4.12. The molecule has 0 spiro atoms. The molecule has 5 heteroatoms. The molecule has 1 amide bonds. The van der Waals surface area contributed by atoms with Crippen LogP contribution in [0.1, 0.15) is 18.2 Å². The molecule has 27 heavy (non-hydrogen) atoms. The van der Waals surface area contributed by atoms with Gasteiger partial charge in [0.25, 0.3) is 5.91 Å². The summed E-state index contributed by atoms with van der Waals surface area (Å²) >= 11 is 1.40. The van der Waals surface area contributed by atoms with E-state index >= 15 is 0 Å². The molecule has 134 valence electrons. The van der Waals surface area contributed by atoms with Gasteiger partial charge in [0.1, 0.15) is 0 Å². The summed E-state index contributed by atoms with van der Waals surface area (Å²) in [6, 6.07) is 20.0. The molecule has 2 aromatic carbocycles. The summed E-state index contributed by atoms with van der Waals surface area (Å²) < 4.78 is 0. The predicted molar refractivity (Wildman–Crippen MR) is 113 cm³/mol. The molecule has 1 aliphatic rings. The van der Waals surface area contributed by atoms with Gasteiger partial charge in [0, 0.05) is 12.2 Å². The minimum atomic E-state index is -0.0122. The maximum Gasteiger partial charge on any atom is 0.266 e. The first-order valence-corrected chi connectivity index (χ1v) is 9.69. The zero-order chi connectivity index (χ0) is 18.8. The first kappa shape index (κ1) is 17.5. The molecule has 4 nitrogen and oxygen atoms in total. The van der Waals surface area contributed by atoms with Crippen molar-refractivity contribution in [3.05, 3.63) is 76.8 Å². The first-order chi connectivity index (χ1) is 13.2. The fraction of sp³-hybridized carbons (Fsp3) is 0.136. The largest absolute Gasteiger partial charge is 0.287 e. The number of likely N-dealkylation sites (N-methyl/N-ethyl adjacent to an activating group) is 1. The van der Waals surface area contributed by atoms with Gasteiger partial charge in [-0.15, -0.1) is 0 Å². The Bertz CT molecular complexity index is 1080. The number of aryl methyl sites for hydroxylation is 1. The maximum absolute atomic E-state index is 12.9. The van der Waals surface area contributed by atoms with Crippen LogP contribution >= 0.6 is 11.8 Å². The molecule has 4 rings (SSSR count). The minimum absolute atomic E-state index is 0.0122. The lowest BCUT2D eigenvalue weighted by Gasteiger charge is -2.11. The van der Waals surface area contributed by atoms with Gasteiger partial charge in [-0.1, -0.05) is 48.5 Å². The van der Waals surface area contributed by atoms with Crippen LogP contribution in [0, 0.1) is 6.92 Å². The highest BCUT2D eigenvalue weighted by molar-refractivity contribution is 8.18. The number of benzene rings is 2. The third-order valence-corrected chi connectivity index (χ3v) is 5.40. The number of amidine groups is 1. The monoisotopic (exact) mass is 373 g/mol. The summed E-state index contributed by atoms with van der Waals surface area (Å²) in [6.45, 7) is 4.46. The van der Waals surface area contributed by atoms with Crippen LogP contribution < -0.4 is 0 Å². The Kier molecular flexibility index (Phi) is 4.77. The standard InChI is InChI=1S/C22H19N3OS/c1-3-25-21(26)19(27-22(25)24-20-13-6-8-15(2)23-20)14-17-11-7-10-16-9-4-5-12-18(16)17/h4-14H,3H2,1-2H3/b19-14-,24-22+.